The summed E-state index contributed by atoms with van der Waals surface area (Å²) in [6.07, 6.45) is 1.80. The van der Waals surface area contributed by atoms with Crippen molar-refractivity contribution in [3.63, 3.8) is 0 Å². The van der Waals surface area contributed by atoms with E-state index >= 15 is 0 Å². The van der Waals surface area contributed by atoms with Gasteiger partial charge in [-0.3, -0.25) is 0 Å². The second kappa shape index (κ2) is 5.09. The van der Waals surface area contributed by atoms with Gasteiger partial charge in [-0.05, 0) is 52.2 Å². The molecule has 0 saturated carbocycles. The second-order valence-corrected chi connectivity index (χ2v) is 5.21. The number of ether oxygens (including phenoxy) is 2. The number of anilines is 1. The number of rotatable bonds is 3. The zero-order chi connectivity index (χ0) is 13.2. The molecule has 3 rings (SSSR count). The molecular formula is C14H13BrN2O2. The fourth-order valence-corrected chi connectivity index (χ4v) is 2.10. The lowest BCUT2D eigenvalue weighted by atomic mass is 10.2. The van der Waals surface area contributed by atoms with Crippen molar-refractivity contribution in [2.75, 3.05) is 12.1 Å². The van der Waals surface area contributed by atoms with Gasteiger partial charge in [-0.25, -0.2) is 4.98 Å². The molecule has 0 saturated heterocycles. The number of nitrogens with one attached hydrogen (secondary N) is 1. The van der Waals surface area contributed by atoms with Crippen LogP contribution in [0.25, 0.3) is 0 Å². The molecule has 1 aromatic heterocycles. The number of hydrogen-bond acceptors (Lipinski definition) is 4. The molecule has 0 spiro atoms. The largest absolute Gasteiger partial charge is 0.454 e. The predicted octanol–water partition coefficient (Wildman–Crippen LogP) is 3.49. The van der Waals surface area contributed by atoms with Crippen LogP contribution in [0.15, 0.2) is 34.9 Å². The Kier molecular flexibility index (Phi) is 3.29. The third kappa shape index (κ3) is 2.66. The average Bonchev–Trinajstić information content (AvgIpc) is 2.87. The first-order valence-electron chi connectivity index (χ1n) is 5.97. The Labute approximate surface area is 119 Å². The Hall–Kier alpha value is -1.75. The van der Waals surface area contributed by atoms with Crippen molar-refractivity contribution >= 4 is 21.7 Å². The van der Waals surface area contributed by atoms with E-state index in [-0.39, 0.29) is 0 Å². The van der Waals surface area contributed by atoms with Crippen molar-refractivity contribution in [1.29, 1.82) is 0 Å². The molecule has 5 heteroatoms. The number of fused-ring (bicyclic) bond motifs is 1. The number of pyridine rings is 1. The highest BCUT2D eigenvalue weighted by molar-refractivity contribution is 9.10. The van der Waals surface area contributed by atoms with Gasteiger partial charge < -0.3 is 14.8 Å². The van der Waals surface area contributed by atoms with Crippen molar-refractivity contribution in [3.8, 4) is 11.5 Å². The Morgan fingerprint density at radius 1 is 1.26 bits per heavy atom. The second-order valence-electron chi connectivity index (χ2n) is 4.36. The minimum atomic E-state index is 0.305. The molecule has 98 valence electrons. The predicted molar refractivity (Wildman–Crippen MR) is 76.6 cm³/mol. The first kappa shape index (κ1) is 12.3. The molecule has 0 amide bonds. The molecule has 0 radical (unpaired) electrons. The molecule has 2 heterocycles. The molecule has 2 aromatic rings. The van der Waals surface area contributed by atoms with Crippen LogP contribution >= 0.6 is 15.9 Å². The maximum Gasteiger partial charge on any atom is 0.231 e. The smallest absolute Gasteiger partial charge is 0.231 e. The molecule has 0 aliphatic carbocycles. The quantitative estimate of drug-likeness (QED) is 0.940. The molecule has 0 bridgehead atoms. The fraction of sp³-hybridized carbons (Fsp3) is 0.214. The normalized spacial score (nSPS) is 12.5. The van der Waals surface area contributed by atoms with Crippen LogP contribution in [0.3, 0.4) is 0 Å². The van der Waals surface area contributed by atoms with Gasteiger partial charge in [-0.1, -0.05) is 6.07 Å². The summed E-state index contributed by atoms with van der Waals surface area (Å²) >= 11 is 3.44. The monoisotopic (exact) mass is 320 g/mol. The van der Waals surface area contributed by atoms with Crippen molar-refractivity contribution in [2.45, 2.75) is 13.5 Å². The van der Waals surface area contributed by atoms with Gasteiger partial charge in [0.2, 0.25) is 6.79 Å². The van der Waals surface area contributed by atoms with Crippen LogP contribution in [0.2, 0.25) is 0 Å². The van der Waals surface area contributed by atoms with E-state index < -0.39 is 0 Å². The zero-order valence-electron chi connectivity index (χ0n) is 10.4. The van der Waals surface area contributed by atoms with Crippen LogP contribution in [0.4, 0.5) is 5.82 Å². The topological polar surface area (TPSA) is 43.4 Å². The van der Waals surface area contributed by atoms with E-state index in [9.17, 15) is 0 Å². The van der Waals surface area contributed by atoms with Gasteiger partial charge in [0.05, 0.1) is 0 Å². The number of aryl methyl sites for hydroxylation is 1. The van der Waals surface area contributed by atoms with Crippen LogP contribution in [-0.2, 0) is 6.54 Å². The zero-order valence-corrected chi connectivity index (χ0v) is 12.0. The number of benzene rings is 1. The van der Waals surface area contributed by atoms with E-state index in [0.717, 1.165) is 32.9 Å². The molecule has 1 aliphatic rings. The number of nitrogens with zero attached hydrogens (tertiary/aromatic N) is 1. The summed E-state index contributed by atoms with van der Waals surface area (Å²) in [6.45, 7) is 3.04. The molecule has 19 heavy (non-hydrogen) atoms. The van der Waals surface area contributed by atoms with Crippen molar-refractivity contribution in [1.82, 2.24) is 4.98 Å². The van der Waals surface area contributed by atoms with E-state index in [0.29, 0.717) is 13.3 Å². The van der Waals surface area contributed by atoms with Gasteiger partial charge >= 0.3 is 0 Å². The Morgan fingerprint density at radius 3 is 2.95 bits per heavy atom. The van der Waals surface area contributed by atoms with Crippen LogP contribution in [0, 0.1) is 6.92 Å². The van der Waals surface area contributed by atoms with Crippen LogP contribution in [0.1, 0.15) is 11.1 Å². The summed E-state index contributed by atoms with van der Waals surface area (Å²) in [5, 5.41) is 3.29. The highest BCUT2D eigenvalue weighted by Crippen LogP contribution is 2.32. The maximum absolute atomic E-state index is 5.35. The van der Waals surface area contributed by atoms with Gasteiger partial charge in [0.15, 0.2) is 11.5 Å². The lowest BCUT2D eigenvalue weighted by Crippen LogP contribution is -2.01. The van der Waals surface area contributed by atoms with Gasteiger partial charge in [0, 0.05) is 17.2 Å². The lowest BCUT2D eigenvalue weighted by molar-refractivity contribution is 0.174. The fourth-order valence-electron chi connectivity index (χ4n) is 1.88. The molecule has 1 aliphatic heterocycles. The van der Waals surface area contributed by atoms with E-state index in [2.05, 4.69) is 26.2 Å². The van der Waals surface area contributed by atoms with Crippen molar-refractivity contribution in [2.24, 2.45) is 0 Å². The summed E-state index contributed by atoms with van der Waals surface area (Å²) in [5.74, 6) is 2.47. The van der Waals surface area contributed by atoms with E-state index in [1.54, 1.807) is 6.20 Å². The standard InChI is InChI=1S/C14H13BrN2O2/c1-9-4-14(17-7-11(9)15)16-6-10-2-3-12-13(5-10)19-8-18-12/h2-5,7H,6,8H2,1H3,(H,16,17). The minimum absolute atomic E-state index is 0.305. The minimum Gasteiger partial charge on any atom is -0.454 e. The molecule has 0 atom stereocenters. The Balaban J connectivity index is 1.70. The summed E-state index contributed by atoms with van der Waals surface area (Å²) in [7, 11) is 0. The highest BCUT2D eigenvalue weighted by Gasteiger charge is 2.12. The molecule has 0 unspecified atom stereocenters. The average molecular weight is 321 g/mol. The first-order chi connectivity index (χ1) is 9.22. The number of halogens is 1. The summed E-state index contributed by atoms with van der Waals surface area (Å²) in [4.78, 5) is 4.31. The Morgan fingerprint density at radius 2 is 2.11 bits per heavy atom. The summed E-state index contributed by atoms with van der Waals surface area (Å²) in [6, 6.07) is 7.95. The first-order valence-corrected chi connectivity index (χ1v) is 6.76. The van der Waals surface area contributed by atoms with Crippen molar-refractivity contribution in [3.05, 3.63) is 46.1 Å². The number of aromatic nitrogens is 1. The third-order valence-corrected chi connectivity index (χ3v) is 3.79. The van der Waals surface area contributed by atoms with E-state index in [4.69, 9.17) is 9.47 Å². The molecule has 0 fully saturated rings. The molecule has 1 aromatic carbocycles. The Bertz CT molecular complexity index is 616. The van der Waals surface area contributed by atoms with Crippen LogP contribution in [0.5, 0.6) is 11.5 Å². The van der Waals surface area contributed by atoms with Gasteiger partial charge in [-0.15, -0.1) is 0 Å². The third-order valence-electron chi connectivity index (χ3n) is 2.96. The van der Waals surface area contributed by atoms with Gasteiger partial charge in [-0.2, -0.15) is 0 Å². The maximum atomic E-state index is 5.35. The van der Waals surface area contributed by atoms with Crippen molar-refractivity contribution < 1.29 is 9.47 Å². The van der Waals surface area contributed by atoms with Crippen LogP contribution < -0.4 is 14.8 Å². The van der Waals surface area contributed by atoms with Gasteiger partial charge in [0.1, 0.15) is 5.82 Å². The number of hydrogen-bond donors (Lipinski definition) is 1. The molecular weight excluding hydrogens is 308 g/mol. The summed E-state index contributed by atoms with van der Waals surface area (Å²) in [5.41, 5.74) is 2.29. The van der Waals surface area contributed by atoms with E-state index in [1.807, 2.05) is 31.2 Å². The van der Waals surface area contributed by atoms with E-state index in [1.165, 1.54) is 0 Å². The molecule has 1 N–H and O–H groups in total. The summed E-state index contributed by atoms with van der Waals surface area (Å²) < 4.78 is 11.7. The highest BCUT2D eigenvalue weighted by atomic mass is 79.9. The van der Waals surface area contributed by atoms with Gasteiger partial charge in [0.25, 0.3) is 0 Å². The van der Waals surface area contributed by atoms with Crippen LogP contribution in [-0.4, -0.2) is 11.8 Å². The molecule has 4 nitrogen and oxygen atoms in total. The lowest BCUT2D eigenvalue weighted by Gasteiger charge is -2.08. The SMILES string of the molecule is Cc1cc(NCc2ccc3c(c2)OCO3)ncc1Br.